The number of ether oxygens (including phenoxy) is 2. The van der Waals surface area contributed by atoms with Crippen LogP contribution in [0.1, 0.15) is 5.89 Å². The molecule has 3 rings (SSSR count). The molecule has 0 fully saturated rings. The van der Waals surface area contributed by atoms with Gasteiger partial charge in [-0.05, 0) is 36.4 Å². The monoisotopic (exact) mass is 430 g/mol. The van der Waals surface area contributed by atoms with Crippen LogP contribution < -0.4 is 14.9 Å². The first-order chi connectivity index (χ1) is 13.2. The minimum atomic E-state index is -0.440. The van der Waals surface area contributed by atoms with Crippen molar-refractivity contribution in [2.75, 3.05) is 13.7 Å². The molecule has 1 aromatic heterocycles. The molecule has 0 atom stereocenters. The predicted molar refractivity (Wildman–Crippen MR) is 102 cm³/mol. The highest BCUT2D eigenvalue weighted by Gasteiger charge is 2.08. The highest BCUT2D eigenvalue weighted by molar-refractivity contribution is 9.10. The van der Waals surface area contributed by atoms with Gasteiger partial charge in [0.1, 0.15) is 6.21 Å². The highest BCUT2D eigenvalue weighted by Crippen LogP contribution is 2.25. The average molecular weight is 431 g/mol. The number of halogens is 1. The van der Waals surface area contributed by atoms with Crippen molar-refractivity contribution >= 4 is 28.1 Å². The Bertz CT molecular complexity index is 941. The van der Waals surface area contributed by atoms with Crippen molar-refractivity contribution in [3.8, 4) is 23.0 Å². The van der Waals surface area contributed by atoms with E-state index in [1.807, 2.05) is 30.3 Å². The molecule has 0 spiro atoms. The van der Waals surface area contributed by atoms with Crippen molar-refractivity contribution in [2.45, 2.75) is 0 Å². The van der Waals surface area contributed by atoms with E-state index in [0.29, 0.717) is 17.4 Å². The Morgan fingerprint density at radius 1 is 1.19 bits per heavy atom. The SMILES string of the molecule is COc1ccccc1OCC(=O)NN=Cc1nnc(-c2ccc(Br)cc2)o1. The summed E-state index contributed by atoms with van der Waals surface area (Å²) in [5.41, 5.74) is 3.10. The molecule has 0 bridgehead atoms. The number of nitrogens with one attached hydrogen (secondary N) is 1. The summed E-state index contributed by atoms with van der Waals surface area (Å²) in [7, 11) is 1.53. The van der Waals surface area contributed by atoms with Crippen molar-refractivity contribution < 1.29 is 18.7 Å². The van der Waals surface area contributed by atoms with Gasteiger partial charge in [-0.15, -0.1) is 10.2 Å². The maximum Gasteiger partial charge on any atom is 0.277 e. The van der Waals surface area contributed by atoms with E-state index in [-0.39, 0.29) is 12.5 Å². The van der Waals surface area contributed by atoms with Gasteiger partial charge in [0.25, 0.3) is 11.8 Å². The van der Waals surface area contributed by atoms with E-state index >= 15 is 0 Å². The number of hydrogen-bond donors (Lipinski definition) is 1. The smallest absolute Gasteiger partial charge is 0.277 e. The lowest BCUT2D eigenvalue weighted by Gasteiger charge is -2.08. The largest absolute Gasteiger partial charge is 0.493 e. The number of amides is 1. The number of hydrogen-bond acceptors (Lipinski definition) is 7. The predicted octanol–water partition coefficient (Wildman–Crippen LogP) is 3.04. The summed E-state index contributed by atoms with van der Waals surface area (Å²) in [5, 5.41) is 11.6. The first kappa shape index (κ1) is 18.6. The van der Waals surface area contributed by atoms with E-state index < -0.39 is 5.91 Å². The lowest BCUT2D eigenvalue weighted by Crippen LogP contribution is -2.24. The van der Waals surface area contributed by atoms with E-state index in [9.17, 15) is 4.79 Å². The molecule has 0 saturated heterocycles. The van der Waals surface area contributed by atoms with E-state index in [1.165, 1.54) is 13.3 Å². The second kappa shape index (κ2) is 8.95. The van der Waals surface area contributed by atoms with Crippen LogP contribution in [-0.2, 0) is 4.79 Å². The Morgan fingerprint density at radius 3 is 2.67 bits per heavy atom. The first-order valence-corrected chi connectivity index (χ1v) is 8.62. The van der Waals surface area contributed by atoms with Gasteiger partial charge in [0.05, 0.1) is 7.11 Å². The molecule has 1 heterocycles. The summed E-state index contributed by atoms with van der Waals surface area (Å²) in [5.74, 6) is 1.09. The van der Waals surface area contributed by atoms with Crippen molar-refractivity contribution in [2.24, 2.45) is 5.10 Å². The van der Waals surface area contributed by atoms with Crippen LogP contribution in [0.5, 0.6) is 11.5 Å². The van der Waals surface area contributed by atoms with E-state index in [0.717, 1.165) is 10.0 Å². The first-order valence-electron chi connectivity index (χ1n) is 7.83. The quantitative estimate of drug-likeness (QED) is 0.456. The van der Waals surface area contributed by atoms with Gasteiger partial charge in [-0.2, -0.15) is 5.10 Å². The average Bonchev–Trinajstić information content (AvgIpc) is 3.16. The zero-order valence-corrected chi connectivity index (χ0v) is 15.8. The molecule has 2 aromatic carbocycles. The minimum absolute atomic E-state index is 0.166. The van der Waals surface area contributed by atoms with Crippen LogP contribution in [0.2, 0.25) is 0 Å². The van der Waals surface area contributed by atoms with Gasteiger partial charge in [0.15, 0.2) is 18.1 Å². The van der Waals surface area contributed by atoms with Crippen molar-refractivity contribution in [3.63, 3.8) is 0 Å². The number of aromatic nitrogens is 2. The molecule has 0 aliphatic rings. The summed E-state index contributed by atoms with van der Waals surface area (Å²) < 4.78 is 17.0. The molecule has 27 heavy (non-hydrogen) atoms. The molecule has 3 aromatic rings. The van der Waals surface area contributed by atoms with Gasteiger partial charge < -0.3 is 13.9 Å². The molecule has 0 saturated carbocycles. The van der Waals surface area contributed by atoms with Crippen LogP contribution >= 0.6 is 15.9 Å². The fraction of sp³-hybridized carbons (Fsp3) is 0.111. The third-order valence-electron chi connectivity index (χ3n) is 3.32. The zero-order chi connectivity index (χ0) is 19.1. The van der Waals surface area contributed by atoms with Crippen LogP contribution in [0, 0.1) is 0 Å². The van der Waals surface area contributed by atoms with Gasteiger partial charge in [0, 0.05) is 10.0 Å². The summed E-state index contributed by atoms with van der Waals surface area (Å²) >= 11 is 3.36. The molecule has 9 heteroatoms. The molecular weight excluding hydrogens is 416 g/mol. The Kier molecular flexibility index (Phi) is 6.16. The Labute approximate surface area is 163 Å². The molecule has 0 radical (unpaired) electrons. The van der Waals surface area contributed by atoms with Gasteiger partial charge >= 0.3 is 0 Å². The van der Waals surface area contributed by atoms with Crippen molar-refractivity contribution in [3.05, 3.63) is 58.9 Å². The number of benzene rings is 2. The number of hydrazone groups is 1. The highest BCUT2D eigenvalue weighted by atomic mass is 79.9. The lowest BCUT2D eigenvalue weighted by molar-refractivity contribution is -0.123. The number of nitrogens with zero attached hydrogens (tertiary/aromatic N) is 3. The molecule has 1 N–H and O–H groups in total. The Balaban J connectivity index is 1.51. The van der Waals surface area contributed by atoms with Crippen LogP contribution in [0.15, 0.2) is 62.5 Å². The van der Waals surface area contributed by atoms with Crippen molar-refractivity contribution in [1.29, 1.82) is 0 Å². The maximum absolute atomic E-state index is 11.8. The van der Waals surface area contributed by atoms with Crippen LogP contribution in [0.25, 0.3) is 11.5 Å². The molecular formula is C18H15BrN4O4. The fourth-order valence-electron chi connectivity index (χ4n) is 2.07. The third kappa shape index (κ3) is 5.14. The van der Waals surface area contributed by atoms with Gasteiger partial charge in [-0.1, -0.05) is 28.1 Å². The van der Waals surface area contributed by atoms with E-state index in [2.05, 4.69) is 36.7 Å². The second-order valence-electron chi connectivity index (χ2n) is 5.19. The molecule has 8 nitrogen and oxygen atoms in total. The van der Waals surface area contributed by atoms with Crippen LogP contribution in [-0.4, -0.2) is 36.0 Å². The topological polar surface area (TPSA) is 98.8 Å². The van der Waals surface area contributed by atoms with Gasteiger partial charge in [0.2, 0.25) is 5.89 Å². The summed E-state index contributed by atoms with van der Waals surface area (Å²) in [6, 6.07) is 14.5. The fourth-order valence-corrected chi connectivity index (χ4v) is 2.33. The summed E-state index contributed by atoms with van der Waals surface area (Å²) in [6.07, 6.45) is 1.26. The lowest BCUT2D eigenvalue weighted by atomic mass is 10.2. The molecule has 1 amide bonds. The Morgan fingerprint density at radius 2 is 1.93 bits per heavy atom. The second-order valence-corrected chi connectivity index (χ2v) is 6.10. The van der Waals surface area contributed by atoms with Crippen LogP contribution in [0.4, 0.5) is 0 Å². The number of para-hydroxylation sites is 2. The zero-order valence-electron chi connectivity index (χ0n) is 14.3. The molecule has 0 unspecified atom stereocenters. The number of rotatable bonds is 7. The summed E-state index contributed by atoms with van der Waals surface area (Å²) in [4.78, 5) is 11.8. The maximum atomic E-state index is 11.8. The molecule has 0 aliphatic carbocycles. The Hall–Kier alpha value is -3.20. The number of carbonyl (C=O) groups is 1. The van der Waals surface area contributed by atoms with Crippen LogP contribution in [0.3, 0.4) is 0 Å². The number of methoxy groups -OCH3 is 1. The minimum Gasteiger partial charge on any atom is -0.493 e. The number of carbonyl (C=O) groups excluding carboxylic acids is 1. The summed E-state index contributed by atoms with van der Waals surface area (Å²) in [6.45, 7) is -0.217. The normalized spacial score (nSPS) is 10.7. The standard InChI is InChI=1S/C18H15BrN4O4/c1-25-14-4-2-3-5-15(14)26-11-16(24)21-20-10-17-22-23-18(27-17)12-6-8-13(19)9-7-12/h2-10H,11H2,1H3,(H,21,24). The molecule has 138 valence electrons. The van der Waals surface area contributed by atoms with Gasteiger partial charge in [-0.25, -0.2) is 5.43 Å². The van der Waals surface area contributed by atoms with Crippen molar-refractivity contribution in [1.82, 2.24) is 15.6 Å². The molecule has 0 aliphatic heterocycles. The van der Waals surface area contributed by atoms with E-state index in [1.54, 1.807) is 18.2 Å². The van der Waals surface area contributed by atoms with Gasteiger partial charge in [-0.3, -0.25) is 4.79 Å². The van der Waals surface area contributed by atoms with E-state index in [4.69, 9.17) is 13.9 Å². The third-order valence-corrected chi connectivity index (χ3v) is 3.85.